The SMILES string of the molecule is c1ccc2cc(CNCC3CCC3)ccc2c1. The van der Waals surface area contributed by atoms with Crippen LogP contribution in [-0.4, -0.2) is 6.54 Å². The van der Waals surface area contributed by atoms with Crippen molar-refractivity contribution in [3.05, 3.63) is 48.0 Å². The molecule has 88 valence electrons. The number of rotatable bonds is 4. The van der Waals surface area contributed by atoms with Crippen molar-refractivity contribution in [2.45, 2.75) is 25.8 Å². The highest BCUT2D eigenvalue weighted by atomic mass is 14.9. The zero-order chi connectivity index (χ0) is 11.5. The van der Waals surface area contributed by atoms with Crippen LogP contribution in [0.1, 0.15) is 24.8 Å². The van der Waals surface area contributed by atoms with Crippen molar-refractivity contribution in [1.29, 1.82) is 0 Å². The molecule has 0 aliphatic heterocycles. The van der Waals surface area contributed by atoms with Crippen molar-refractivity contribution >= 4 is 10.8 Å². The van der Waals surface area contributed by atoms with E-state index in [1.54, 1.807) is 0 Å². The number of hydrogen-bond donors (Lipinski definition) is 1. The van der Waals surface area contributed by atoms with Gasteiger partial charge in [0.05, 0.1) is 0 Å². The highest BCUT2D eigenvalue weighted by Crippen LogP contribution is 2.25. The lowest BCUT2D eigenvalue weighted by Crippen LogP contribution is -2.26. The summed E-state index contributed by atoms with van der Waals surface area (Å²) >= 11 is 0. The van der Waals surface area contributed by atoms with E-state index in [9.17, 15) is 0 Å². The fourth-order valence-electron chi connectivity index (χ4n) is 2.47. The van der Waals surface area contributed by atoms with Gasteiger partial charge in [0, 0.05) is 6.54 Å². The average Bonchev–Trinajstić information content (AvgIpc) is 2.32. The maximum Gasteiger partial charge on any atom is 0.0205 e. The Labute approximate surface area is 103 Å². The zero-order valence-corrected chi connectivity index (χ0v) is 10.2. The van der Waals surface area contributed by atoms with Gasteiger partial charge in [-0.2, -0.15) is 0 Å². The molecule has 2 aromatic carbocycles. The third-order valence-corrected chi connectivity index (χ3v) is 3.80. The first-order valence-electron chi connectivity index (χ1n) is 6.60. The second-order valence-corrected chi connectivity index (χ2v) is 5.11. The molecule has 0 spiro atoms. The number of nitrogens with one attached hydrogen (secondary N) is 1. The Morgan fingerprint density at radius 1 is 1.00 bits per heavy atom. The van der Waals surface area contributed by atoms with Crippen molar-refractivity contribution < 1.29 is 0 Å². The molecule has 1 fully saturated rings. The first-order chi connectivity index (χ1) is 8.42. The number of hydrogen-bond acceptors (Lipinski definition) is 1. The minimum atomic E-state index is 0.940. The quantitative estimate of drug-likeness (QED) is 0.836. The molecule has 3 rings (SSSR count). The molecule has 0 saturated heterocycles. The zero-order valence-electron chi connectivity index (χ0n) is 10.2. The van der Waals surface area contributed by atoms with E-state index in [1.165, 1.54) is 42.1 Å². The molecule has 1 aliphatic carbocycles. The van der Waals surface area contributed by atoms with Gasteiger partial charge in [-0.05, 0) is 47.7 Å². The molecule has 1 N–H and O–H groups in total. The molecule has 1 aliphatic rings. The van der Waals surface area contributed by atoms with E-state index in [1.807, 2.05) is 0 Å². The Morgan fingerprint density at radius 3 is 2.59 bits per heavy atom. The van der Waals surface area contributed by atoms with Crippen LogP contribution in [0.4, 0.5) is 0 Å². The summed E-state index contributed by atoms with van der Waals surface area (Å²) in [5.74, 6) is 0.940. The van der Waals surface area contributed by atoms with Crippen molar-refractivity contribution in [1.82, 2.24) is 5.32 Å². The van der Waals surface area contributed by atoms with E-state index in [2.05, 4.69) is 47.8 Å². The first kappa shape index (κ1) is 10.8. The molecule has 2 aromatic rings. The van der Waals surface area contributed by atoms with Gasteiger partial charge < -0.3 is 5.32 Å². The van der Waals surface area contributed by atoms with E-state index in [4.69, 9.17) is 0 Å². The molecule has 0 atom stereocenters. The van der Waals surface area contributed by atoms with E-state index in [-0.39, 0.29) is 0 Å². The van der Waals surface area contributed by atoms with Crippen LogP contribution < -0.4 is 5.32 Å². The molecular weight excluding hydrogens is 206 g/mol. The van der Waals surface area contributed by atoms with Gasteiger partial charge in [-0.25, -0.2) is 0 Å². The highest BCUT2D eigenvalue weighted by Gasteiger charge is 2.16. The molecule has 0 heterocycles. The van der Waals surface area contributed by atoms with Crippen LogP contribution in [0, 0.1) is 5.92 Å². The van der Waals surface area contributed by atoms with Gasteiger partial charge >= 0.3 is 0 Å². The number of fused-ring (bicyclic) bond motifs is 1. The minimum absolute atomic E-state index is 0.940. The van der Waals surface area contributed by atoms with Crippen LogP contribution in [0.2, 0.25) is 0 Å². The largest absolute Gasteiger partial charge is 0.312 e. The highest BCUT2D eigenvalue weighted by molar-refractivity contribution is 5.82. The third-order valence-electron chi connectivity index (χ3n) is 3.80. The van der Waals surface area contributed by atoms with Gasteiger partial charge in [0.25, 0.3) is 0 Å². The van der Waals surface area contributed by atoms with E-state index < -0.39 is 0 Å². The van der Waals surface area contributed by atoms with Crippen LogP contribution in [0.25, 0.3) is 10.8 Å². The van der Waals surface area contributed by atoms with E-state index in [0.29, 0.717) is 0 Å². The van der Waals surface area contributed by atoms with Gasteiger partial charge in [0.1, 0.15) is 0 Å². The topological polar surface area (TPSA) is 12.0 Å². The van der Waals surface area contributed by atoms with Crippen molar-refractivity contribution in [2.24, 2.45) is 5.92 Å². The van der Waals surface area contributed by atoms with Crippen molar-refractivity contribution in [3.63, 3.8) is 0 Å². The van der Waals surface area contributed by atoms with Gasteiger partial charge in [-0.15, -0.1) is 0 Å². The summed E-state index contributed by atoms with van der Waals surface area (Å²) < 4.78 is 0. The van der Waals surface area contributed by atoms with Crippen molar-refractivity contribution in [2.75, 3.05) is 6.54 Å². The van der Waals surface area contributed by atoms with Gasteiger partial charge in [-0.1, -0.05) is 42.8 Å². The van der Waals surface area contributed by atoms with Crippen LogP contribution >= 0.6 is 0 Å². The summed E-state index contributed by atoms with van der Waals surface area (Å²) in [6, 6.07) is 15.3. The van der Waals surface area contributed by atoms with E-state index in [0.717, 1.165) is 12.5 Å². The summed E-state index contributed by atoms with van der Waals surface area (Å²) in [7, 11) is 0. The molecule has 0 amide bonds. The standard InChI is InChI=1S/C16H19N/c1-2-7-16-10-14(8-9-15(16)6-1)12-17-11-13-4-3-5-13/h1-2,6-10,13,17H,3-5,11-12H2. The summed E-state index contributed by atoms with van der Waals surface area (Å²) in [5.41, 5.74) is 1.39. The molecule has 1 saturated carbocycles. The first-order valence-corrected chi connectivity index (χ1v) is 6.60. The molecule has 1 nitrogen and oxygen atoms in total. The van der Waals surface area contributed by atoms with Gasteiger partial charge in [0.2, 0.25) is 0 Å². The summed E-state index contributed by atoms with van der Waals surface area (Å²) in [6.45, 7) is 2.19. The molecule has 0 bridgehead atoms. The fourth-order valence-corrected chi connectivity index (χ4v) is 2.47. The van der Waals surface area contributed by atoms with Crippen LogP contribution in [-0.2, 0) is 6.54 Å². The fraction of sp³-hybridized carbons (Fsp3) is 0.375. The molecule has 0 unspecified atom stereocenters. The molecule has 1 heteroatoms. The third kappa shape index (κ3) is 2.50. The lowest BCUT2D eigenvalue weighted by Gasteiger charge is -2.25. The normalized spacial score (nSPS) is 16.0. The van der Waals surface area contributed by atoms with Crippen LogP contribution in [0.5, 0.6) is 0 Å². The summed E-state index contributed by atoms with van der Waals surface area (Å²) in [4.78, 5) is 0. The maximum atomic E-state index is 3.57. The Bertz CT molecular complexity index is 500. The predicted molar refractivity (Wildman–Crippen MR) is 73.0 cm³/mol. The van der Waals surface area contributed by atoms with Crippen molar-refractivity contribution in [3.8, 4) is 0 Å². The van der Waals surface area contributed by atoms with Gasteiger partial charge in [-0.3, -0.25) is 0 Å². The lowest BCUT2D eigenvalue weighted by molar-refractivity contribution is 0.301. The van der Waals surface area contributed by atoms with E-state index >= 15 is 0 Å². The minimum Gasteiger partial charge on any atom is -0.312 e. The monoisotopic (exact) mass is 225 g/mol. The number of benzene rings is 2. The smallest absolute Gasteiger partial charge is 0.0205 e. The maximum absolute atomic E-state index is 3.57. The second-order valence-electron chi connectivity index (χ2n) is 5.11. The van der Waals surface area contributed by atoms with Crippen LogP contribution in [0.15, 0.2) is 42.5 Å². The van der Waals surface area contributed by atoms with Gasteiger partial charge in [0.15, 0.2) is 0 Å². The molecule has 0 radical (unpaired) electrons. The summed E-state index contributed by atoms with van der Waals surface area (Å²) in [6.07, 6.45) is 4.28. The predicted octanol–water partition coefficient (Wildman–Crippen LogP) is 3.73. The molecular formula is C16H19N. The second kappa shape index (κ2) is 4.89. The Morgan fingerprint density at radius 2 is 1.82 bits per heavy atom. The molecule has 0 aromatic heterocycles. The Kier molecular flexibility index (Phi) is 3.10. The summed E-state index contributed by atoms with van der Waals surface area (Å²) in [5, 5.41) is 6.24. The Hall–Kier alpha value is -1.34. The molecule has 17 heavy (non-hydrogen) atoms. The Balaban J connectivity index is 1.63. The average molecular weight is 225 g/mol. The van der Waals surface area contributed by atoms with Crippen LogP contribution in [0.3, 0.4) is 0 Å². The lowest BCUT2D eigenvalue weighted by atomic mass is 9.85.